The largest absolute Gasteiger partial charge is 0.480 e. The van der Waals surface area contributed by atoms with Gasteiger partial charge in [0, 0.05) is 12.7 Å². The molecule has 2 aromatic heterocycles. The molecule has 0 aliphatic carbocycles. The molecule has 0 fully saturated rings. The van der Waals surface area contributed by atoms with Gasteiger partial charge in [0.15, 0.2) is 11.6 Å². The lowest BCUT2D eigenvalue weighted by Crippen LogP contribution is -2.41. The standard InChI is InChI=1S/C12H13N3O5S/c1-7(16)13-8(12(17)18)5-21-6-10-14-11(20-15-10)9-3-2-4-19-9/h2-4,8H,5-6H2,1H3,(H,13,16)(H,17,18). The second-order valence-electron chi connectivity index (χ2n) is 4.10. The van der Waals surface area contributed by atoms with Gasteiger partial charge in [0.25, 0.3) is 5.89 Å². The van der Waals surface area contributed by atoms with Crippen LogP contribution < -0.4 is 5.32 Å². The van der Waals surface area contributed by atoms with Crippen LogP contribution in [-0.4, -0.2) is 38.9 Å². The minimum atomic E-state index is -1.08. The summed E-state index contributed by atoms with van der Waals surface area (Å²) in [6.45, 7) is 1.27. The fraction of sp³-hybridized carbons (Fsp3) is 0.333. The van der Waals surface area contributed by atoms with Crippen LogP contribution in [0.15, 0.2) is 27.3 Å². The first-order chi connectivity index (χ1) is 10.1. The fourth-order valence-electron chi connectivity index (χ4n) is 1.50. The van der Waals surface area contributed by atoms with E-state index < -0.39 is 12.0 Å². The Morgan fingerprint density at radius 2 is 2.33 bits per heavy atom. The molecule has 9 heteroatoms. The van der Waals surface area contributed by atoms with Crippen molar-refractivity contribution in [2.24, 2.45) is 0 Å². The number of nitrogens with one attached hydrogen (secondary N) is 1. The van der Waals surface area contributed by atoms with Crippen LogP contribution >= 0.6 is 11.8 Å². The van der Waals surface area contributed by atoms with Crippen molar-refractivity contribution in [2.75, 3.05) is 5.75 Å². The van der Waals surface area contributed by atoms with Gasteiger partial charge in [-0.2, -0.15) is 16.7 Å². The molecule has 112 valence electrons. The number of amides is 1. The van der Waals surface area contributed by atoms with Gasteiger partial charge < -0.3 is 19.4 Å². The number of carboxylic acids is 1. The molecule has 1 unspecified atom stereocenters. The predicted octanol–water partition coefficient (Wildman–Crippen LogP) is 1.15. The Bertz CT molecular complexity index is 610. The zero-order valence-corrected chi connectivity index (χ0v) is 11.9. The summed E-state index contributed by atoms with van der Waals surface area (Å²) in [5.74, 6) is 0.281. The summed E-state index contributed by atoms with van der Waals surface area (Å²) < 4.78 is 10.1. The highest BCUT2D eigenvalue weighted by atomic mass is 32.2. The molecule has 2 heterocycles. The molecule has 0 spiro atoms. The van der Waals surface area contributed by atoms with E-state index in [0.717, 1.165) is 0 Å². The first-order valence-electron chi connectivity index (χ1n) is 6.00. The number of nitrogens with zero attached hydrogens (tertiary/aromatic N) is 2. The number of furan rings is 1. The molecule has 2 N–H and O–H groups in total. The molecule has 8 nitrogen and oxygen atoms in total. The second kappa shape index (κ2) is 6.93. The van der Waals surface area contributed by atoms with Gasteiger partial charge in [-0.1, -0.05) is 5.16 Å². The van der Waals surface area contributed by atoms with Crippen molar-refractivity contribution < 1.29 is 23.6 Å². The molecule has 0 saturated carbocycles. The zero-order valence-electron chi connectivity index (χ0n) is 11.1. The normalized spacial score (nSPS) is 12.0. The summed E-state index contributed by atoms with van der Waals surface area (Å²) in [7, 11) is 0. The number of rotatable bonds is 7. The van der Waals surface area contributed by atoms with Gasteiger partial charge in [0.1, 0.15) is 6.04 Å². The maximum absolute atomic E-state index is 10.9. The van der Waals surface area contributed by atoms with Crippen molar-refractivity contribution in [3.05, 3.63) is 24.2 Å². The van der Waals surface area contributed by atoms with Crippen LogP contribution in [0.25, 0.3) is 11.7 Å². The summed E-state index contributed by atoms with van der Waals surface area (Å²) in [6, 6.07) is 2.46. The van der Waals surface area contributed by atoms with Crippen molar-refractivity contribution in [3.63, 3.8) is 0 Å². The van der Waals surface area contributed by atoms with Gasteiger partial charge >= 0.3 is 5.97 Å². The number of carboxylic acid groups (broad SMARTS) is 1. The Morgan fingerprint density at radius 3 is 2.95 bits per heavy atom. The molecule has 1 atom stereocenters. The smallest absolute Gasteiger partial charge is 0.327 e. The average molecular weight is 311 g/mol. The van der Waals surface area contributed by atoms with E-state index in [9.17, 15) is 9.59 Å². The monoisotopic (exact) mass is 311 g/mol. The lowest BCUT2D eigenvalue weighted by Gasteiger charge is -2.11. The highest BCUT2D eigenvalue weighted by molar-refractivity contribution is 7.98. The van der Waals surface area contributed by atoms with Gasteiger partial charge in [-0.05, 0) is 12.1 Å². The summed E-state index contributed by atoms with van der Waals surface area (Å²) >= 11 is 1.28. The van der Waals surface area contributed by atoms with E-state index in [-0.39, 0.29) is 17.6 Å². The van der Waals surface area contributed by atoms with Crippen molar-refractivity contribution in [3.8, 4) is 11.7 Å². The van der Waals surface area contributed by atoms with E-state index in [2.05, 4.69) is 15.5 Å². The quantitative estimate of drug-likeness (QED) is 0.781. The molecule has 0 aromatic carbocycles. The van der Waals surface area contributed by atoms with Crippen LogP contribution in [0.4, 0.5) is 0 Å². The molecule has 1 amide bonds. The third-order valence-corrected chi connectivity index (χ3v) is 3.42. The first-order valence-corrected chi connectivity index (χ1v) is 7.16. The third-order valence-electron chi connectivity index (χ3n) is 2.39. The SMILES string of the molecule is CC(=O)NC(CSCc1noc(-c2ccco2)n1)C(=O)O. The molecule has 21 heavy (non-hydrogen) atoms. The molecule has 2 rings (SSSR count). The Morgan fingerprint density at radius 1 is 1.52 bits per heavy atom. The highest BCUT2D eigenvalue weighted by Gasteiger charge is 2.19. The van der Waals surface area contributed by atoms with Gasteiger partial charge in [-0.3, -0.25) is 4.79 Å². The topological polar surface area (TPSA) is 118 Å². The van der Waals surface area contributed by atoms with Crippen LogP contribution in [0.3, 0.4) is 0 Å². The number of aliphatic carboxylic acids is 1. The number of carbonyl (C=O) groups excluding carboxylic acids is 1. The zero-order chi connectivity index (χ0) is 15.2. The number of aromatic nitrogens is 2. The van der Waals surface area contributed by atoms with Gasteiger partial charge in [0.2, 0.25) is 5.91 Å². The third kappa shape index (κ3) is 4.35. The molecular weight excluding hydrogens is 298 g/mol. The Balaban J connectivity index is 1.85. The second-order valence-corrected chi connectivity index (χ2v) is 5.13. The van der Waals surface area contributed by atoms with Crippen molar-refractivity contribution >= 4 is 23.6 Å². The Hall–Kier alpha value is -2.29. The predicted molar refractivity (Wildman–Crippen MR) is 73.4 cm³/mol. The fourth-order valence-corrected chi connectivity index (χ4v) is 2.38. The minimum Gasteiger partial charge on any atom is -0.480 e. The first kappa shape index (κ1) is 15.1. The van der Waals surface area contributed by atoms with Crippen molar-refractivity contribution in [1.29, 1.82) is 0 Å². The minimum absolute atomic E-state index is 0.208. The Kier molecular flexibility index (Phi) is 4.99. The molecule has 0 radical (unpaired) electrons. The van der Waals surface area contributed by atoms with E-state index in [1.807, 2.05) is 0 Å². The van der Waals surface area contributed by atoms with Gasteiger partial charge in [0.05, 0.1) is 12.0 Å². The van der Waals surface area contributed by atoms with Gasteiger partial charge in [-0.15, -0.1) is 0 Å². The van der Waals surface area contributed by atoms with Crippen LogP contribution in [-0.2, 0) is 15.3 Å². The maximum atomic E-state index is 10.9. The van der Waals surface area contributed by atoms with Crippen molar-refractivity contribution in [2.45, 2.75) is 18.7 Å². The van der Waals surface area contributed by atoms with Crippen molar-refractivity contribution in [1.82, 2.24) is 15.5 Å². The number of thioether (sulfide) groups is 1. The average Bonchev–Trinajstić information content (AvgIpc) is 3.07. The number of hydrogen-bond acceptors (Lipinski definition) is 7. The van der Waals surface area contributed by atoms with Crippen LogP contribution in [0.5, 0.6) is 0 Å². The van der Waals surface area contributed by atoms with E-state index in [0.29, 0.717) is 17.3 Å². The lowest BCUT2D eigenvalue weighted by atomic mass is 10.3. The Labute approximate surface area is 123 Å². The van der Waals surface area contributed by atoms with E-state index in [4.69, 9.17) is 14.0 Å². The van der Waals surface area contributed by atoms with Crippen LogP contribution in [0, 0.1) is 0 Å². The van der Waals surface area contributed by atoms with E-state index in [1.165, 1.54) is 24.9 Å². The van der Waals surface area contributed by atoms with Gasteiger partial charge in [-0.25, -0.2) is 4.79 Å². The number of carbonyl (C=O) groups is 2. The van der Waals surface area contributed by atoms with Crippen LogP contribution in [0.1, 0.15) is 12.7 Å². The molecule has 0 aliphatic rings. The van der Waals surface area contributed by atoms with Crippen LogP contribution in [0.2, 0.25) is 0 Å². The molecule has 0 saturated heterocycles. The van der Waals surface area contributed by atoms with E-state index >= 15 is 0 Å². The summed E-state index contributed by atoms with van der Waals surface area (Å²) in [6.07, 6.45) is 1.50. The number of hydrogen-bond donors (Lipinski definition) is 2. The summed E-state index contributed by atoms with van der Waals surface area (Å²) in [5.41, 5.74) is 0. The molecular formula is C12H13N3O5S. The lowest BCUT2D eigenvalue weighted by molar-refractivity contribution is -0.140. The van der Waals surface area contributed by atoms with E-state index in [1.54, 1.807) is 12.1 Å². The summed E-state index contributed by atoms with van der Waals surface area (Å²) in [5, 5.41) is 15.1. The highest BCUT2D eigenvalue weighted by Crippen LogP contribution is 2.19. The molecule has 0 bridgehead atoms. The maximum Gasteiger partial charge on any atom is 0.327 e. The summed E-state index contributed by atoms with van der Waals surface area (Å²) in [4.78, 5) is 26.0. The molecule has 0 aliphatic heterocycles. The molecule has 2 aromatic rings.